The first-order valence-corrected chi connectivity index (χ1v) is 12.5. The topological polar surface area (TPSA) is 55.4 Å². The zero-order valence-electron chi connectivity index (χ0n) is 22.4. The van der Waals surface area contributed by atoms with Gasteiger partial charge in [0.1, 0.15) is 23.0 Å². The maximum Gasteiger partial charge on any atom is 0.188 e. The largest absolute Gasteiger partial charge is 0.496 e. The van der Waals surface area contributed by atoms with Crippen LogP contribution in [-0.2, 0) is 22.3 Å². The van der Waals surface area contributed by atoms with Crippen LogP contribution < -0.4 is 18.9 Å². The summed E-state index contributed by atoms with van der Waals surface area (Å²) < 4.78 is 34.0. The van der Waals surface area contributed by atoms with Gasteiger partial charge in [0.15, 0.2) is 13.6 Å². The molecule has 0 fully saturated rings. The molecule has 0 saturated heterocycles. The van der Waals surface area contributed by atoms with Crippen molar-refractivity contribution in [3.63, 3.8) is 0 Å². The van der Waals surface area contributed by atoms with E-state index in [2.05, 4.69) is 12.1 Å². The summed E-state index contributed by atoms with van der Waals surface area (Å²) in [6, 6.07) is 28.2. The fraction of sp³-hybridized carbons (Fsp3) is 0.250. The van der Waals surface area contributed by atoms with Crippen molar-refractivity contribution < 1.29 is 28.4 Å². The molecule has 0 heterocycles. The number of rotatable bonds is 13. The molecule has 0 aliphatic heterocycles. The highest BCUT2D eigenvalue weighted by molar-refractivity contribution is 5.78. The number of benzene rings is 4. The van der Waals surface area contributed by atoms with Gasteiger partial charge in [-0.25, -0.2) is 0 Å². The minimum absolute atomic E-state index is 0.144. The molecule has 0 radical (unpaired) electrons. The van der Waals surface area contributed by atoms with Crippen molar-refractivity contribution >= 4 is 0 Å². The lowest BCUT2D eigenvalue weighted by Gasteiger charge is -2.19. The average Bonchev–Trinajstić information content (AvgIpc) is 2.98. The SMILES string of the molecule is COCOc1c(CCc2cccc(-c3ccccc3OC)c2OCOC)cccc1-c1ccccc1OC. The van der Waals surface area contributed by atoms with E-state index in [0.29, 0.717) is 0 Å². The molecule has 0 bridgehead atoms. The molecule has 198 valence electrons. The Morgan fingerprint density at radius 2 is 0.842 bits per heavy atom. The smallest absolute Gasteiger partial charge is 0.188 e. The number of hydrogen-bond donors (Lipinski definition) is 0. The third-order valence-electron chi connectivity index (χ3n) is 6.29. The number of para-hydroxylation sites is 4. The van der Waals surface area contributed by atoms with E-state index in [1.807, 2.05) is 72.8 Å². The molecular weight excluding hydrogens is 480 g/mol. The lowest BCUT2D eigenvalue weighted by molar-refractivity contribution is 0.0502. The van der Waals surface area contributed by atoms with Crippen LogP contribution in [0.2, 0.25) is 0 Å². The number of aryl methyl sites for hydroxylation is 2. The van der Waals surface area contributed by atoms with Crippen LogP contribution in [0, 0.1) is 0 Å². The first-order valence-electron chi connectivity index (χ1n) is 12.5. The van der Waals surface area contributed by atoms with Gasteiger partial charge in [0.05, 0.1) is 14.2 Å². The van der Waals surface area contributed by atoms with Crippen LogP contribution in [0.5, 0.6) is 23.0 Å². The normalized spacial score (nSPS) is 10.7. The van der Waals surface area contributed by atoms with Crippen molar-refractivity contribution in [2.45, 2.75) is 12.8 Å². The minimum Gasteiger partial charge on any atom is -0.496 e. The summed E-state index contributed by atoms with van der Waals surface area (Å²) in [4.78, 5) is 0. The highest BCUT2D eigenvalue weighted by Crippen LogP contribution is 2.41. The molecule has 6 heteroatoms. The van der Waals surface area contributed by atoms with Crippen LogP contribution in [0.4, 0.5) is 0 Å². The van der Waals surface area contributed by atoms with E-state index in [0.717, 1.165) is 69.2 Å². The molecule has 0 amide bonds. The van der Waals surface area contributed by atoms with Crippen molar-refractivity contribution in [1.29, 1.82) is 0 Å². The van der Waals surface area contributed by atoms with Crippen LogP contribution in [0.25, 0.3) is 22.3 Å². The van der Waals surface area contributed by atoms with Crippen molar-refractivity contribution in [2.75, 3.05) is 42.0 Å². The zero-order valence-corrected chi connectivity index (χ0v) is 22.4. The van der Waals surface area contributed by atoms with Gasteiger partial charge in [0.25, 0.3) is 0 Å². The van der Waals surface area contributed by atoms with Gasteiger partial charge in [0.2, 0.25) is 0 Å². The minimum atomic E-state index is 0.144. The van der Waals surface area contributed by atoms with E-state index >= 15 is 0 Å². The monoisotopic (exact) mass is 514 g/mol. The van der Waals surface area contributed by atoms with Crippen molar-refractivity contribution in [2.24, 2.45) is 0 Å². The van der Waals surface area contributed by atoms with Gasteiger partial charge in [-0.15, -0.1) is 0 Å². The molecule has 4 rings (SSSR count). The first kappa shape index (κ1) is 27.0. The highest BCUT2D eigenvalue weighted by atomic mass is 16.7. The first-order chi connectivity index (χ1) is 18.7. The third kappa shape index (κ3) is 6.10. The molecule has 6 nitrogen and oxygen atoms in total. The predicted molar refractivity (Wildman–Crippen MR) is 149 cm³/mol. The van der Waals surface area contributed by atoms with E-state index in [-0.39, 0.29) is 13.6 Å². The van der Waals surface area contributed by atoms with Gasteiger partial charge in [-0.05, 0) is 36.1 Å². The number of ether oxygens (including phenoxy) is 6. The van der Waals surface area contributed by atoms with Crippen LogP contribution in [-0.4, -0.2) is 42.0 Å². The molecule has 0 unspecified atom stereocenters. The van der Waals surface area contributed by atoms with E-state index in [1.165, 1.54) is 0 Å². The van der Waals surface area contributed by atoms with Crippen LogP contribution in [0.15, 0.2) is 84.9 Å². The highest BCUT2D eigenvalue weighted by Gasteiger charge is 2.18. The van der Waals surface area contributed by atoms with Gasteiger partial charge in [-0.1, -0.05) is 72.8 Å². The summed E-state index contributed by atoms with van der Waals surface area (Å²) >= 11 is 0. The van der Waals surface area contributed by atoms with Crippen LogP contribution >= 0.6 is 0 Å². The molecule has 0 aliphatic carbocycles. The van der Waals surface area contributed by atoms with Crippen molar-refractivity contribution in [1.82, 2.24) is 0 Å². The van der Waals surface area contributed by atoms with Crippen LogP contribution in [0.3, 0.4) is 0 Å². The molecule has 0 N–H and O–H groups in total. The summed E-state index contributed by atoms with van der Waals surface area (Å²) in [5.74, 6) is 3.12. The molecule has 0 atom stereocenters. The zero-order chi connectivity index (χ0) is 26.7. The maximum atomic E-state index is 6.13. The summed E-state index contributed by atoms with van der Waals surface area (Å²) in [5, 5.41) is 0. The van der Waals surface area contributed by atoms with E-state index in [4.69, 9.17) is 28.4 Å². The second-order valence-electron chi connectivity index (χ2n) is 8.59. The fourth-order valence-corrected chi connectivity index (χ4v) is 4.57. The molecule has 4 aromatic carbocycles. The Kier molecular flexibility index (Phi) is 9.62. The van der Waals surface area contributed by atoms with E-state index in [1.54, 1.807) is 28.4 Å². The Morgan fingerprint density at radius 1 is 0.447 bits per heavy atom. The lowest BCUT2D eigenvalue weighted by atomic mass is 9.94. The Hall–Kier alpha value is -4.00. The standard InChI is InChI=1S/C32H34O6/c1-33-21-37-31-23(11-9-15-27(31)25-13-5-7-17-29(25)35-3)19-20-24-12-10-16-28(32(24)38-22-34-2)26-14-6-8-18-30(26)36-4/h5-18H,19-22H2,1-4H3. The summed E-state index contributed by atoms with van der Waals surface area (Å²) in [6.45, 7) is 0.287. The molecule has 0 spiro atoms. The molecule has 0 aliphatic rings. The molecule has 0 saturated carbocycles. The van der Waals surface area contributed by atoms with Gasteiger partial charge < -0.3 is 28.4 Å². The molecular formula is C32H34O6. The maximum absolute atomic E-state index is 6.13. The lowest BCUT2D eigenvalue weighted by Crippen LogP contribution is -2.07. The quantitative estimate of drug-likeness (QED) is 0.183. The summed E-state index contributed by atoms with van der Waals surface area (Å²) in [7, 11) is 6.59. The Bertz CT molecular complexity index is 1230. The Balaban J connectivity index is 1.72. The van der Waals surface area contributed by atoms with Crippen molar-refractivity contribution in [3.8, 4) is 45.3 Å². The van der Waals surface area contributed by atoms with Gasteiger partial charge in [-0.2, -0.15) is 0 Å². The molecule has 4 aromatic rings. The second kappa shape index (κ2) is 13.5. The van der Waals surface area contributed by atoms with E-state index < -0.39 is 0 Å². The number of methoxy groups -OCH3 is 4. The number of hydrogen-bond acceptors (Lipinski definition) is 6. The predicted octanol–water partition coefficient (Wildman–Crippen LogP) is 6.79. The van der Waals surface area contributed by atoms with Crippen molar-refractivity contribution in [3.05, 3.63) is 96.1 Å². The van der Waals surface area contributed by atoms with E-state index in [9.17, 15) is 0 Å². The summed E-state index contributed by atoms with van der Waals surface area (Å²) in [6.07, 6.45) is 1.45. The fourth-order valence-electron chi connectivity index (χ4n) is 4.57. The van der Waals surface area contributed by atoms with Gasteiger partial charge in [0, 0.05) is 36.5 Å². The Labute approximate surface area is 224 Å². The van der Waals surface area contributed by atoms with Gasteiger partial charge >= 0.3 is 0 Å². The molecule has 0 aromatic heterocycles. The van der Waals surface area contributed by atoms with Gasteiger partial charge in [-0.3, -0.25) is 0 Å². The summed E-state index contributed by atoms with van der Waals surface area (Å²) in [5.41, 5.74) is 5.96. The van der Waals surface area contributed by atoms with Crippen LogP contribution in [0.1, 0.15) is 11.1 Å². The molecule has 38 heavy (non-hydrogen) atoms. The second-order valence-corrected chi connectivity index (χ2v) is 8.59. The Morgan fingerprint density at radius 3 is 1.24 bits per heavy atom. The average molecular weight is 515 g/mol. The third-order valence-corrected chi connectivity index (χ3v) is 6.29.